The largest absolute Gasteiger partial charge is 0.441 e. The molecule has 1 amide bonds. The smallest absolute Gasteiger partial charge is 0.254 e. The fourth-order valence-corrected chi connectivity index (χ4v) is 1.16. The highest BCUT2D eigenvalue weighted by atomic mass is 16.3. The van der Waals surface area contributed by atoms with Crippen LogP contribution >= 0.6 is 0 Å². The number of rotatable bonds is 1. The summed E-state index contributed by atoms with van der Waals surface area (Å²) in [6.45, 7) is 0. The van der Waals surface area contributed by atoms with Crippen molar-refractivity contribution in [3.05, 3.63) is 18.2 Å². The Morgan fingerprint density at radius 1 is 1.75 bits per heavy atom. The summed E-state index contributed by atoms with van der Waals surface area (Å²) >= 11 is 0. The number of aromatic nitrogens is 2. The van der Waals surface area contributed by atoms with Crippen molar-refractivity contribution in [2.24, 2.45) is 12.8 Å². The zero-order chi connectivity index (χ0) is 8.72. The van der Waals surface area contributed by atoms with Gasteiger partial charge in [-0.05, 0) is 0 Å². The molecule has 0 spiro atoms. The molecular formula is C7H7N3O2. The maximum atomic E-state index is 10.8. The highest BCUT2D eigenvalue weighted by Crippen LogP contribution is 2.17. The van der Waals surface area contributed by atoms with Crippen LogP contribution in [-0.4, -0.2) is 15.5 Å². The van der Waals surface area contributed by atoms with Gasteiger partial charge in [0.2, 0.25) is 0 Å². The Kier molecular flexibility index (Phi) is 1.21. The van der Waals surface area contributed by atoms with Crippen LogP contribution in [0, 0.1) is 0 Å². The summed E-state index contributed by atoms with van der Waals surface area (Å²) in [7, 11) is 1.78. The lowest BCUT2D eigenvalue weighted by atomic mass is 10.3. The molecule has 0 aliphatic heterocycles. The average Bonchev–Trinajstić information content (AvgIpc) is 2.53. The summed E-state index contributed by atoms with van der Waals surface area (Å²) in [6, 6.07) is 0. The van der Waals surface area contributed by atoms with Crippen LogP contribution in [0.2, 0.25) is 0 Å². The van der Waals surface area contributed by atoms with E-state index in [1.54, 1.807) is 17.8 Å². The molecule has 0 unspecified atom stereocenters. The molecule has 0 saturated heterocycles. The minimum Gasteiger partial charge on any atom is -0.441 e. The molecular weight excluding hydrogens is 158 g/mol. The van der Waals surface area contributed by atoms with Gasteiger partial charge in [0, 0.05) is 13.2 Å². The molecule has 0 fully saturated rings. The predicted octanol–water partition coefficient (Wildman–Crippen LogP) is 0.265. The SMILES string of the molecule is Cn1cc(C(N)=O)c2ocnc21. The average molecular weight is 165 g/mol. The molecule has 2 heterocycles. The van der Waals surface area contributed by atoms with Gasteiger partial charge in [-0.25, -0.2) is 0 Å². The molecule has 5 heteroatoms. The van der Waals surface area contributed by atoms with E-state index in [2.05, 4.69) is 4.98 Å². The summed E-state index contributed by atoms with van der Waals surface area (Å²) in [6.07, 6.45) is 2.89. The van der Waals surface area contributed by atoms with Crippen LogP contribution in [0.15, 0.2) is 17.0 Å². The number of aryl methyl sites for hydroxylation is 1. The van der Waals surface area contributed by atoms with Gasteiger partial charge < -0.3 is 14.7 Å². The standard InChI is InChI=1S/C7H7N3O2/c1-10-2-4(6(8)11)5-7(10)9-3-12-5/h2-3H,1H3,(H2,8,11). The van der Waals surface area contributed by atoms with Gasteiger partial charge in [0.25, 0.3) is 5.91 Å². The van der Waals surface area contributed by atoms with Gasteiger partial charge in [-0.15, -0.1) is 0 Å². The molecule has 12 heavy (non-hydrogen) atoms. The van der Waals surface area contributed by atoms with Crippen molar-refractivity contribution in [2.75, 3.05) is 0 Å². The molecule has 2 aromatic rings. The third kappa shape index (κ3) is 0.730. The van der Waals surface area contributed by atoms with Gasteiger partial charge in [0.05, 0.1) is 0 Å². The van der Waals surface area contributed by atoms with E-state index in [9.17, 15) is 4.79 Å². The molecule has 0 aromatic carbocycles. The van der Waals surface area contributed by atoms with E-state index in [0.29, 0.717) is 16.8 Å². The minimum atomic E-state index is -0.502. The van der Waals surface area contributed by atoms with Gasteiger partial charge in [0.15, 0.2) is 17.6 Å². The lowest BCUT2D eigenvalue weighted by Crippen LogP contribution is -2.09. The topological polar surface area (TPSA) is 74.0 Å². The van der Waals surface area contributed by atoms with Gasteiger partial charge in [-0.1, -0.05) is 0 Å². The van der Waals surface area contributed by atoms with Crippen LogP contribution < -0.4 is 5.73 Å². The number of carbonyl (C=O) groups is 1. The molecule has 2 rings (SSSR count). The summed E-state index contributed by atoms with van der Waals surface area (Å²) in [4.78, 5) is 14.8. The molecule has 2 aromatic heterocycles. The first-order chi connectivity index (χ1) is 5.70. The Bertz CT molecular complexity index is 440. The summed E-state index contributed by atoms with van der Waals surface area (Å²) < 4.78 is 6.69. The number of primary amides is 1. The Balaban J connectivity index is 2.83. The predicted molar refractivity (Wildman–Crippen MR) is 41.5 cm³/mol. The maximum absolute atomic E-state index is 10.8. The second-order valence-electron chi connectivity index (χ2n) is 2.52. The van der Waals surface area contributed by atoms with Gasteiger partial charge in [-0.2, -0.15) is 4.98 Å². The first-order valence-corrected chi connectivity index (χ1v) is 3.38. The highest BCUT2D eigenvalue weighted by Gasteiger charge is 2.14. The molecule has 5 nitrogen and oxygen atoms in total. The second kappa shape index (κ2) is 2.10. The first kappa shape index (κ1) is 6.90. The van der Waals surface area contributed by atoms with E-state index in [1.165, 1.54) is 6.39 Å². The van der Waals surface area contributed by atoms with Crippen molar-refractivity contribution in [3.63, 3.8) is 0 Å². The van der Waals surface area contributed by atoms with Gasteiger partial charge in [0.1, 0.15) is 5.56 Å². The molecule has 0 saturated carbocycles. The van der Waals surface area contributed by atoms with Crippen LogP contribution in [0.3, 0.4) is 0 Å². The third-order valence-electron chi connectivity index (χ3n) is 1.72. The monoisotopic (exact) mass is 165 g/mol. The number of nitrogens with zero attached hydrogens (tertiary/aromatic N) is 2. The van der Waals surface area contributed by atoms with E-state index in [1.807, 2.05) is 0 Å². The summed E-state index contributed by atoms with van der Waals surface area (Å²) in [5, 5.41) is 0. The van der Waals surface area contributed by atoms with Crippen molar-refractivity contribution in [1.29, 1.82) is 0 Å². The lowest BCUT2D eigenvalue weighted by molar-refractivity contribution is 0.100. The van der Waals surface area contributed by atoms with Crippen molar-refractivity contribution in [3.8, 4) is 0 Å². The Hall–Kier alpha value is -1.78. The number of fused-ring (bicyclic) bond motifs is 1. The Labute approximate surface area is 67.8 Å². The van der Waals surface area contributed by atoms with E-state index in [4.69, 9.17) is 10.2 Å². The summed E-state index contributed by atoms with van der Waals surface area (Å²) in [5.74, 6) is -0.502. The van der Waals surface area contributed by atoms with Crippen LogP contribution in [0.4, 0.5) is 0 Å². The number of hydrogen-bond donors (Lipinski definition) is 1. The number of carbonyl (C=O) groups excluding carboxylic acids is 1. The summed E-state index contributed by atoms with van der Waals surface area (Å²) in [5.41, 5.74) is 6.56. The number of nitrogens with two attached hydrogens (primary N) is 1. The van der Waals surface area contributed by atoms with E-state index in [-0.39, 0.29) is 0 Å². The molecule has 0 aliphatic rings. The number of oxazole rings is 1. The van der Waals surface area contributed by atoms with Crippen molar-refractivity contribution < 1.29 is 9.21 Å². The van der Waals surface area contributed by atoms with E-state index in [0.717, 1.165) is 0 Å². The quantitative estimate of drug-likeness (QED) is 0.658. The second-order valence-corrected chi connectivity index (χ2v) is 2.52. The van der Waals surface area contributed by atoms with Gasteiger partial charge in [-0.3, -0.25) is 4.79 Å². The Morgan fingerprint density at radius 3 is 3.17 bits per heavy atom. The fraction of sp³-hybridized carbons (Fsp3) is 0.143. The van der Waals surface area contributed by atoms with Crippen LogP contribution in [0.5, 0.6) is 0 Å². The number of amides is 1. The molecule has 2 N–H and O–H groups in total. The number of hydrogen-bond acceptors (Lipinski definition) is 3. The Morgan fingerprint density at radius 2 is 2.50 bits per heavy atom. The van der Waals surface area contributed by atoms with Crippen LogP contribution in [0.1, 0.15) is 10.4 Å². The lowest BCUT2D eigenvalue weighted by Gasteiger charge is -1.86. The molecule has 0 aliphatic carbocycles. The molecule has 0 atom stereocenters. The van der Waals surface area contributed by atoms with Crippen LogP contribution in [-0.2, 0) is 7.05 Å². The van der Waals surface area contributed by atoms with Crippen molar-refractivity contribution in [1.82, 2.24) is 9.55 Å². The maximum Gasteiger partial charge on any atom is 0.254 e. The highest BCUT2D eigenvalue weighted by molar-refractivity contribution is 6.03. The van der Waals surface area contributed by atoms with E-state index < -0.39 is 5.91 Å². The van der Waals surface area contributed by atoms with Crippen LogP contribution in [0.25, 0.3) is 11.2 Å². The first-order valence-electron chi connectivity index (χ1n) is 3.38. The zero-order valence-electron chi connectivity index (χ0n) is 6.44. The fourth-order valence-electron chi connectivity index (χ4n) is 1.16. The molecule has 0 bridgehead atoms. The van der Waals surface area contributed by atoms with E-state index >= 15 is 0 Å². The van der Waals surface area contributed by atoms with Crippen molar-refractivity contribution >= 4 is 17.1 Å². The molecule has 62 valence electrons. The van der Waals surface area contributed by atoms with Crippen molar-refractivity contribution in [2.45, 2.75) is 0 Å². The third-order valence-corrected chi connectivity index (χ3v) is 1.72. The normalized spacial score (nSPS) is 10.8. The molecule has 0 radical (unpaired) electrons. The minimum absolute atomic E-state index is 0.366. The van der Waals surface area contributed by atoms with Gasteiger partial charge >= 0.3 is 0 Å². The zero-order valence-corrected chi connectivity index (χ0v) is 6.44.